The van der Waals surface area contributed by atoms with E-state index in [1.54, 1.807) is 6.07 Å². The highest BCUT2D eigenvalue weighted by atomic mass is 79.9. The molecule has 0 aromatic heterocycles. The van der Waals surface area contributed by atoms with Gasteiger partial charge in [-0.25, -0.2) is 0 Å². The minimum atomic E-state index is 0. The first-order valence-electron chi connectivity index (χ1n) is 4.95. The lowest BCUT2D eigenvalue weighted by atomic mass is 10.3. The highest BCUT2D eigenvalue weighted by Crippen LogP contribution is 2.30. The van der Waals surface area contributed by atoms with Crippen LogP contribution in [0.5, 0.6) is 11.5 Å². The molecule has 2 rings (SSSR count). The second-order valence-electron chi connectivity index (χ2n) is 3.59. The quantitative estimate of drug-likeness (QED) is 0.806. The van der Waals surface area contributed by atoms with Crippen LogP contribution < -0.4 is 5.11 Å². The Morgan fingerprint density at radius 2 is 1.80 bits per heavy atom. The summed E-state index contributed by atoms with van der Waals surface area (Å²) in [6, 6.07) is 4.60. The molecule has 0 aliphatic carbocycles. The fraction of sp³-hybridized carbons (Fsp3) is 0.455. The monoisotopic (exact) mass is 290 g/mol. The molecule has 1 aromatic rings. The van der Waals surface area contributed by atoms with Crippen molar-refractivity contribution in [2.45, 2.75) is 24.2 Å². The van der Waals surface area contributed by atoms with Crippen molar-refractivity contribution >= 4 is 27.9 Å². The van der Waals surface area contributed by atoms with E-state index < -0.39 is 0 Å². The fourth-order valence-electron chi connectivity index (χ4n) is 1.77. The lowest BCUT2D eigenvalue weighted by Crippen LogP contribution is -2.19. The van der Waals surface area contributed by atoms with Gasteiger partial charge in [-0.3, -0.25) is 0 Å². The first-order valence-corrected chi connectivity index (χ1v) is 6.51. The van der Waals surface area contributed by atoms with E-state index in [9.17, 15) is 10.2 Å². The molecule has 84 valence electrons. The van der Waals surface area contributed by atoms with Crippen molar-refractivity contribution < 1.29 is 10.2 Å². The van der Waals surface area contributed by atoms with Gasteiger partial charge in [-0.1, -0.05) is 11.8 Å². The van der Waals surface area contributed by atoms with E-state index in [1.807, 2.05) is 0 Å². The number of rotatable bonds is 1. The van der Waals surface area contributed by atoms with Crippen molar-refractivity contribution in [3.05, 3.63) is 18.2 Å². The lowest BCUT2D eigenvalue weighted by molar-refractivity contribution is -0.272. The van der Waals surface area contributed by atoms with Crippen LogP contribution in [-0.4, -0.2) is 16.6 Å². The van der Waals surface area contributed by atoms with Crippen LogP contribution in [0.15, 0.2) is 23.1 Å². The molecule has 1 aliphatic rings. The molecule has 1 heterocycles. The fourth-order valence-corrected chi connectivity index (χ4v) is 4.16. The Morgan fingerprint density at radius 3 is 2.47 bits per heavy atom. The van der Waals surface area contributed by atoms with E-state index >= 15 is 0 Å². The molecule has 15 heavy (non-hydrogen) atoms. The highest BCUT2D eigenvalue weighted by molar-refractivity contribution is 8.93. The SMILES string of the molecule is Br.[O-]c1ccc(O)cc1[S+]1CCCCC1. The van der Waals surface area contributed by atoms with Crippen LogP contribution in [0.25, 0.3) is 0 Å². The summed E-state index contributed by atoms with van der Waals surface area (Å²) in [4.78, 5) is 0.838. The van der Waals surface area contributed by atoms with Crippen LogP contribution in [-0.2, 0) is 10.9 Å². The van der Waals surface area contributed by atoms with Gasteiger partial charge >= 0.3 is 0 Å². The molecule has 0 spiro atoms. The van der Waals surface area contributed by atoms with Crippen LogP contribution >= 0.6 is 17.0 Å². The average molecular weight is 291 g/mol. The minimum Gasteiger partial charge on any atom is -0.869 e. The molecule has 0 atom stereocenters. The summed E-state index contributed by atoms with van der Waals surface area (Å²) in [6.07, 6.45) is 3.73. The van der Waals surface area contributed by atoms with E-state index in [0.717, 1.165) is 16.4 Å². The van der Waals surface area contributed by atoms with Gasteiger partial charge in [-0.05, 0) is 25.3 Å². The summed E-state index contributed by atoms with van der Waals surface area (Å²) in [7, 11) is 0.0976. The molecule has 0 bridgehead atoms. The predicted molar refractivity (Wildman–Crippen MR) is 67.1 cm³/mol. The van der Waals surface area contributed by atoms with E-state index in [-0.39, 0.29) is 39.4 Å². The Balaban J connectivity index is 0.00000112. The number of benzene rings is 1. The Labute approximate surface area is 103 Å². The number of phenols is 1. The Kier molecular flexibility index (Phi) is 4.80. The molecule has 0 unspecified atom stereocenters. The van der Waals surface area contributed by atoms with Gasteiger partial charge in [0.25, 0.3) is 0 Å². The molecule has 0 amide bonds. The molecule has 1 saturated heterocycles. The molecule has 1 fully saturated rings. The van der Waals surface area contributed by atoms with Crippen molar-refractivity contribution in [2.24, 2.45) is 0 Å². The topological polar surface area (TPSA) is 43.3 Å². The molecule has 1 N–H and O–H groups in total. The lowest BCUT2D eigenvalue weighted by Gasteiger charge is -2.18. The van der Waals surface area contributed by atoms with Crippen molar-refractivity contribution in [3.8, 4) is 11.5 Å². The summed E-state index contributed by atoms with van der Waals surface area (Å²) in [5.41, 5.74) is 0. The zero-order chi connectivity index (χ0) is 9.97. The smallest absolute Gasteiger partial charge is 0.150 e. The van der Waals surface area contributed by atoms with Crippen LogP contribution in [0.1, 0.15) is 19.3 Å². The third kappa shape index (κ3) is 3.05. The van der Waals surface area contributed by atoms with Gasteiger partial charge in [0.15, 0.2) is 4.90 Å². The second kappa shape index (κ2) is 5.66. The number of halogens is 1. The van der Waals surface area contributed by atoms with Gasteiger partial charge in [0.2, 0.25) is 0 Å². The van der Waals surface area contributed by atoms with E-state index in [1.165, 1.54) is 31.4 Å². The van der Waals surface area contributed by atoms with E-state index in [2.05, 4.69) is 0 Å². The minimum absolute atomic E-state index is 0. The van der Waals surface area contributed by atoms with Crippen molar-refractivity contribution in [1.82, 2.24) is 0 Å². The standard InChI is InChI=1S/C11H14O2S.BrH/c12-9-4-5-10(13)11(8-9)14-6-2-1-3-7-14;/h4-5,8H,1-3,6-7H2,(H-,12,13);1H. The first kappa shape index (κ1) is 12.7. The summed E-state index contributed by atoms with van der Waals surface area (Å²) in [6.45, 7) is 0. The van der Waals surface area contributed by atoms with Gasteiger partial charge in [0.1, 0.15) is 17.3 Å². The van der Waals surface area contributed by atoms with E-state index in [0.29, 0.717) is 0 Å². The maximum atomic E-state index is 11.6. The summed E-state index contributed by atoms with van der Waals surface area (Å²) in [5, 5.41) is 20.9. The molecule has 2 nitrogen and oxygen atoms in total. The largest absolute Gasteiger partial charge is 0.869 e. The van der Waals surface area contributed by atoms with Gasteiger partial charge in [-0.15, -0.1) is 17.0 Å². The Bertz CT molecular complexity index is 324. The van der Waals surface area contributed by atoms with Crippen LogP contribution in [0.4, 0.5) is 0 Å². The summed E-state index contributed by atoms with van der Waals surface area (Å²) in [5.74, 6) is 2.56. The van der Waals surface area contributed by atoms with Gasteiger partial charge in [0.05, 0.1) is 0 Å². The highest BCUT2D eigenvalue weighted by Gasteiger charge is 2.25. The maximum absolute atomic E-state index is 11.6. The van der Waals surface area contributed by atoms with Crippen molar-refractivity contribution in [1.29, 1.82) is 0 Å². The number of hydrogen-bond acceptors (Lipinski definition) is 2. The van der Waals surface area contributed by atoms with Crippen LogP contribution in [0.2, 0.25) is 0 Å². The summed E-state index contributed by atoms with van der Waals surface area (Å²) >= 11 is 0. The van der Waals surface area contributed by atoms with Crippen molar-refractivity contribution in [3.63, 3.8) is 0 Å². The zero-order valence-electron chi connectivity index (χ0n) is 8.44. The second-order valence-corrected chi connectivity index (χ2v) is 5.83. The van der Waals surface area contributed by atoms with Crippen LogP contribution in [0.3, 0.4) is 0 Å². The first-order chi connectivity index (χ1) is 6.77. The Morgan fingerprint density at radius 1 is 1.13 bits per heavy atom. The van der Waals surface area contributed by atoms with Gasteiger partial charge in [0, 0.05) is 17.0 Å². The number of aromatic hydroxyl groups is 1. The van der Waals surface area contributed by atoms with E-state index in [4.69, 9.17) is 0 Å². The maximum Gasteiger partial charge on any atom is 0.150 e. The normalized spacial score (nSPS) is 17.1. The third-order valence-electron chi connectivity index (χ3n) is 2.52. The molecular formula is C11H15BrO2S. The van der Waals surface area contributed by atoms with Gasteiger partial charge in [-0.2, -0.15) is 0 Å². The predicted octanol–water partition coefficient (Wildman–Crippen LogP) is 2.20. The number of phenolic OH excluding ortho intramolecular Hbond substituents is 1. The number of hydrogen-bond donors (Lipinski definition) is 1. The molecule has 0 radical (unpaired) electrons. The molecule has 1 aromatic carbocycles. The summed E-state index contributed by atoms with van der Waals surface area (Å²) < 4.78 is 0. The molecule has 0 saturated carbocycles. The van der Waals surface area contributed by atoms with Gasteiger partial charge < -0.3 is 10.2 Å². The van der Waals surface area contributed by atoms with Crippen molar-refractivity contribution in [2.75, 3.05) is 11.5 Å². The zero-order valence-corrected chi connectivity index (χ0v) is 11.0. The van der Waals surface area contributed by atoms with Crippen LogP contribution in [0, 0.1) is 0 Å². The molecule has 4 heteroatoms. The molecule has 1 aliphatic heterocycles. The Hall–Kier alpha value is -0.350. The average Bonchev–Trinajstić information content (AvgIpc) is 2.23. The molecular weight excluding hydrogens is 276 g/mol. The third-order valence-corrected chi connectivity index (χ3v) is 5.02.